The van der Waals surface area contributed by atoms with Crippen molar-refractivity contribution in [3.63, 3.8) is 0 Å². The van der Waals surface area contributed by atoms with E-state index in [0.29, 0.717) is 10.8 Å². The van der Waals surface area contributed by atoms with E-state index in [1.54, 1.807) is 11.3 Å². The molecule has 0 aliphatic carbocycles. The number of nitrogen functional groups attached to an aromatic ring is 1. The lowest BCUT2D eigenvalue weighted by molar-refractivity contribution is 1.12. The molecule has 4 nitrogen and oxygen atoms in total. The van der Waals surface area contributed by atoms with E-state index in [0.717, 1.165) is 16.9 Å². The predicted octanol–water partition coefficient (Wildman–Crippen LogP) is 5.65. The predicted molar refractivity (Wildman–Crippen MR) is 107 cm³/mol. The van der Waals surface area contributed by atoms with Crippen molar-refractivity contribution in [3.05, 3.63) is 65.3 Å². The van der Waals surface area contributed by atoms with Crippen molar-refractivity contribution in [1.29, 1.82) is 0 Å². The molecule has 2 aromatic carbocycles. The summed E-state index contributed by atoms with van der Waals surface area (Å²) in [6, 6.07) is 18.3. The molecule has 0 unspecified atom stereocenters. The average Bonchev–Trinajstić information content (AvgIpc) is 2.97. The number of aryl methyl sites for hydroxylation is 1. The molecule has 0 amide bonds. The van der Waals surface area contributed by atoms with Crippen molar-refractivity contribution in [3.8, 4) is 10.4 Å². The third-order valence-electron chi connectivity index (χ3n) is 3.75. The molecule has 0 aliphatic rings. The third kappa shape index (κ3) is 3.43. The zero-order chi connectivity index (χ0) is 17.4. The van der Waals surface area contributed by atoms with Crippen LogP contribution in [-0.2, 0) is 0 Å². The first kappa shape index (κ1) is 15.9. The van der Waals surface area contributed by atoms with Crippen LogP contribution >= 0.6 is 22.9 Å². The Balaban J connectivity index is 1.73. The Kier molecular flexibility index (Phi) is 4.03. The molecule has 0 atom stereocenters. The summed E-state index contributed by atoms with van der Waals surface area (Å²) >= 11 is 8.08. The molecule has 0 saturated carbocycles. The molecule has 0 fully saturated rings. The summed E-state index contributed by atoms with van der Waals surface area (Å²) in [5, 5.41) is 5.16. The Labute approximate surface area is 154 Å². The summed E-state index contributed by atoms with van der Waals surface area (Å²) in [6.07, 6.45) is 0. The summed E-state index contributed by atoms with van der Waals surface area (Å²) in [6.45, 7) is 1.88. The van der Waals surface area contributed by atoms with Crippen molar-refractivity contribution in [2.75, 3.05) is 11.1 Å². The fraction of sp³-hybridized carbons (Fsp3) is 0.0526. The molecule has 0 radical (unpaired) electrons. The number of anilines is 3. The molecule has 25 heavy (non-hydrogen) atoms. The zero-order valence-electron chi connectivity index (χ0n) is 13.5. The summed E-state index contributed by atoms with van der Waals surface area (Å²) in [5.41, 5.74) is 8.45. The number of benzene rings is 2. The Bertz CT molecular complexity index is 1020. The maximum absolute atomic E-state index is 6.33. The Morgan fingerprint density at radius 1 is 1.04 bits per heavy atom. The second-order valence-corrected chi connectivity index (χ2v) is 7.28. The van der Waals surface area contributed by atoms with Crippen LogP contribution in [0.2, 0.25) is 5.02 Å². The second kappa shape index (κ2) is 6.35. The third-order valence-corrected chi connectivity index (χ3v) is 5.14. The van der Waals surface area contributed by atoms with Gasteiger partial charge in [-0.1, -0.05) is 29.8 Å². The molecule has 2 heterocycles. The highest BCUT2D eigenvalue weighted by atomic mass is 35.5. The van der Waals surface area contributed by atoms with Gasteiger partial charge in [0.25, 0.3) is 0 Å². The Hall–Kier alpha value is -2.63. The van der Waals surface area contributed by atoms with Crippen molar-refractivity contribution >= 4 is 50.5 Å². The van der Waals surface area contributed by atoms with Gasteiger partial charge >= 0.3 is 0 Å². The minimum atomic E-state index is 0.245. The topological polar surface area (TPSA) is 63.8 Å². The molecule has 4 rings (SSSR count). The molecule has 4 aromatic rings. The minimum Gasteiger partial charge on any atom is -0.368 e. The smallest absolute Gasteiger partial charge is 0.222 e. The van der Waals surface area contributed by atoms with Crippen molar-refractivity contribution in [1.82, 2.24) is 9.97 Å². The lowest BCUT2D eigenvalue weighted by atomic mass is 10.1. The van der Waals surface area contributed by atoms with Crippen LogP contribution in [0.3, 0.4) is 0 Å². The molecule has 0 spiro atoms. The van der Waals surface area contributed by atoms with E-state index in [1.807, 2.05) is 31.2 Å². The first-order chi connectivity index (χ1) is 12.1. The monoisotopic (exact) mass is 366 g/mol. The van der Waals surface area contributed by atoms with Crippen LogP contribution in [0.4, 0.5) is 17.5 Å². The molecular formula is C19H15ClN4S. The number of halogens is 1. The summed E-state index contributed by atoms with van der Waals surface area (Å²) in [7, 11) is 0. The highest BCUT2D eigenvalue weighted by Gasteiger charge is 2.08. The van der Waals surface area contributed by atoms with Gasteiger partial charge in [0.15, 0.2) is 0 Å². The number of hydrogen-bond donors (Lipinski definition) is 2. The second-order valence-electron chi connectivity index (χ2n) is 5.75. The number of rotatable bonds is 3. The quantitative estimate of drug-likeness (QED) is 0.492. The van der Waals surface area contributed by atoms with Gasteiger partial charge in [-0.25, -0.2) is 4.98 Å². The maximum Gasteiger partial charge on any atom is 0.222 e. The van der Waals surface area contributed by atoms with Crippen LogP contribution in [0.5, 0.6) is 0 Å². The molecule has 0 saturated heterocycles. The number of thiophene rings is 1. The fourth-order valence-electron chi connectivity index (χ4n) is 2.73. The number of nitrogens with zero attached hydrogens (tertiary/aromatic N) is 2. The largest absolute Gasteiger partial charge is 0.368 e. The van der Waals surface area contributed by atoms with E-state index >= 15 is 0 Å². The molecule has 6 heteroatoms. The van der Waals surface area contributed by atoms with Crippen LogP contribution in [0.15, 0.2) is 54.6 Å². The van der Waals surface area contributed by atoms with E-state index in [1.165, 1.54) is 15.0 Å². The van der Waals surface area contributed by atoms with Crippen LogP contribution < -0.4 is 11.1 Å². The van der Waals surface area contributed by atoms with Gasteiger partial charge in [-0.05, 0) is 48.2 Å². The minimum absolute atomic E-state index is 0.245. The van der Waals surface area contributed by atoms with Gasteiger partial charge in [0, 0.05) is 32.0 Å². The van der Waals surface area contributed by atoms with E-state index < -0.39 is 0 Å². The van der Waals surface area contributed by atoms with Gasteiger partial charge in [0.05, 0.1) is 0 Å². The normalized spacial score (nSPS) is 11.0. The van der Waals surface area contributed by atoms with Crippen LogP contribution in [0.25, 0.3) is 20.5 Å². The molecular weight excluding hydrogens is 352 g/mol. The number of aromatic nitrogens is 2. The Morgan fingerprint density at radius 3 is 2.68 bits per heavy atom. The van der Waals surface area contributed by atoms with E-state index in [9.17, 15) is 0 Å². The van der Waals surface area contributed by atoms with Gasteiger partial charge < -0.3 is 11.1 Å². The van der Waals surface area contributed by atoms with Gasteiger partial charge in [-0.2, -0.15) is 4.98 Å². The average molecular weight is 367 g/mol. The first-order valence-electron chi connectivity index (χ1n) is 7.74. The molecule has 3 N–H and O–H groups in total. The van der Waals surface area contributed by atoms with Gasteiger partial charge in [-0.3, -0.25) is 0 Å². The summed E-state index contributed by atoms with van der Waals surface area (Å²) in [4.78, 5) is 9.47. The molecule has 0 bridgehead atoms. The highest BCUT2D eigenvalue weighted by molar-refractivity contribution is 7.22. The van der Waals surface area contributed by atoms with E-state index in [4.69, 9.17) is 17.3 Å². The number of nitrogens with two attached hydrogens (primary N) is 1. The zero-order valence-corrected chi connectivity index (χ0v) is 15.0. The van der Waals surface area contributed by atoms with Gasteiger partial charge in [-0.15, -0.1) is 11.3 Å². The first-order valence-corrected chi connectivity index (χ1v) is 8.94. The van der Waals surface area contributed by atoms with Crippen molar-refractivity contribution in [2.45, 2.75) is 6.92 Å². The fourth-order valence-corrected chi connectivity index (χ4v) is 4.02. The summed E-state index contributed by atoms with van der Waals surface area (Å²) < 4.78 is 1.26. The number of fused-ring (bicyclic) bond motifs is 1. The number of nitrogens with one attached hydrogen (secondary N) is 1. The van der Waals surface area contributed by atoms with Crippen LogP contribution in [0, 0.1) is 6.92 Å². The van der Waals surface area contributed by atoms with Crippen LogP contribution in [0.1, 0.15) is 5.69 Å². The number of hydrogen-bond acceptors (Lipinski definition) is 5. The SMILES string of the molecule is Cc1cc(Nc2cc(Cl)cc(-c3cc4ccccc4s3)c2)nc(N)n1. The van der Waals surface area contributed by atoms with E-state index in [-0.39, 0.29) is 5.95 Å². The molecule has 2 aromatic heterocycles. The standard InChI is InChI=1S/C19H15ClN4S/c1-11-6-18(24-19(21)22-11)23-15-8-13(7-14(20)10-15)17-9-12-4-2-3-5-16(12)25-17/h2-10H,1H3,(H3,21,22,23,24). The van der Waals surface area contributed by atoms with Crippen molar-refractivity contribution in [2.24, 2.45) is 0 Å². The summed E-state index contributed by atoms with van der Waals surface area (Å²) in [5.74, 6) is 0.892. The van der Waals surface area contributed by atoms with E-state index in [2.05, 4.69) is 45.6 Å². The van der Waals surface area contributed by atoms with Gasteiger partial charge in [0.2, 0.25) is 5.95 Å². The van der Waals surface area contributed by atoms with Crippen molar-refractivity contribution < 1.29 is 0 Å². The lowest BCUT2D eigenvalue weighted by Crippen LogP contribution is -2.01. The highest BCUT2D eigenvalue weighted by Crippen LogP contribution is 2.36. The Morgan fingerprint density at radius 2 is 1.88 bits per heavy atom. The van der Waals surface area contributed by atoms with Gasteiger partial charge in [0.1, 0.15) is 5.82 Å². The lowest BCUT2D eigenvalue weighted by Gasteiger charge is -2.09. The molecule has 124 valence electrons. The van der Waals surface area contributed by atoms with Crippen LogP contribution in [-0.4, -0.2) is 9.97 Å². The molecule has 0 aliphatic heterocycles. The maximum atomic E-state index is 6.33.